The monoisotopic (exact) mass is 425 g/mol. The molecule has 0 spiro atoms. The number of carbonyl (C=O) groups excluding carboxylic acids is 1. The van der Waals surface area contributed by atoms with Gasteiger partial charge in [0.25, 0.3) is 0 Å². The minimum atomic E-state index is -2.09. The number of hydrogen-bond donors (Lipinski definition) is 0. The van der Waals surface area contributed by atoms with E-state index in [9.17, 15) is 4.79 Å². The molecule has 6 heteroatoms. The second-order valence-electron chi connectivity index (χ2n) is 8.01. The van der Waals surface area contributed by atoms with Gasteiger partial charge in [0.15, 0.2) is 14.1 Å². The van der Waals surface area contributed by atoms with Crippen molar-refractivity contribution in [2.45, 2.75) is 57.8 Å². The fourth-order valence-electron chi connectivity index (χ4n) is 2.62. The molecular weight excluding hydrogens is 398 g/mol. The maximum atomic E-state index is 12.6. The number of nitrogens with zero attached hydrogens (tertiary/aromatic N) is 1. The van der Waals surface area contributed by atoms with Gasteiger partial charge in [0.05, 0.1) is 24.8 Å². The highest BCUT2D eigenvalue weighted by molar-refractivity contribution is 9.10. The summed E-state index contributed by atoms with van der Waals surface area (Å²) in [6.45, 7) is 11.0. The van der Waals surface area contributed by atoms with Gasteiger partial charge in [-0.15, -0.1) is 0 Å². The molecule has 0 saturated heterocycles. The first-order valence-electron chi connectivity index (χ1n) is 8.65. The second kappa shape index (κ2) is 7.72. The number of hydrogen-bond acceptors (Lipinski definition) is 4. The molecule has 1 aromatic rings. The molecule has 0 aromatic carbocycles. The van der Waals surface area contributed by atoms with Crippen LogP contribution in [0.4, 0.5) is 0 Å². The van der Waals surface area contributed by atoms with E-state index >= 15 is 0 Å². The van der Waals surface area contributed by atoms with Gasteiger partial charge in [0, 0.05) is 10.5 Å². The third kappa shape index (κ3) is 4.60. The van der Waals surface area contributed by atoms with Gasteiger partial charge in [-0.1, -0.05) is 26.8 Å². The third-order valence-electron chi connectivity index (χ3n) is 5.21. The SMILES string of the molecule is COc1ccc(Br)c(C(O[Si](C)(C)C(C)(C)C)C2CCC=CC2=O)n1. The molecule has 2 atom stereocenters. The van der Waals surface area contributed by atoms with Crippen LogP contribution in [0.3, 0.4) is 0 Å². The summed E-state index contributed by atoms with van der Waals surface area (Å²) >= 11 is 3.59. The maximum absolute atomic E-state index is 12.6. The number of aromatic nitrogens is 1. The predicted molar refractivity (Wildman–Crippen MR) is 106 cm³/mol. The molecule has 2 rings (SSSR count). The number of allylic oxidation sites excluding steroid dienone is 2. The fraction of sp³-hybridized carbons (Fsp3) is 0.579. The van der Waals surface area contributed by atoms with Crippen LogP contribution in [0.2, 0.25) is 18.1 Å². The first-order valence-corrected chi connectivity index (χ1v) is 12.4. The Hall–Kier alpha value is -0.983. The Kier molecular flexibility index (Phi) is 6.28. The lowest BCUT2D eigenvalue weighted by atomic mass is 9.86. The molecule has 0 aliphatic heterocycles. The van der Waals surface area contributed by atoms with Crippen molar-refractivity contribution in [2.75, 3.05) is 7.11 Å². The summed E-state index contributed by atoms with van der Waals surface area (Å²) in [5, 5.41) is 0.0458. The van der Waals surface area contributed by atoms with Gasteiger partial charge in [0.1, 0.15) is 0 Å². The fourth-order valence-corrected chi connectivity index (χ4v) is 4.33. The van der Waals surface area contributed by atoms with Crippen LogP contribution in [0.25, 0.3) is 0 Å². The summed E-state index contributed by atoms with van der Waals surface area (Å²) in [7, 11) is -0.497. The van der Waals surface area contributed by atoms with E-state index in [1.54, 1.807) is 19.3 Å². The Labute approximate surface area is 160 Å². The lowest BCUT2D eigenvalue weighted by Gasteiger charge is -2.41. The summed E-state index contributed by atoms with van der Waals surface area (Å²) in [5.74, 6) is 0.433. The summed E-state index contributed by atoms with van der Waals surface area (Å²) in [6, 6.07) is 3.71. The van der Waals surface area contributed by atoms with Gasteiger partial charge >= 0.3 is 0 Å². The van der Waals surface area contributed by atoms with Gasteiger partial charge in [-0.2, -0.15) is 0 Å². The third-order valence-corrected chi connectivity index (χ3v) is 10.3. The molecule has 1 aliphatic rings. The van der Waals surface area contributed by atoms with Crippen LogP contribution in [0.5, 0.6) is 5.88 Å². The second-order valence-corrected chi connectivity index (χ2v) is 13.6. The highest BCUT2D eigenvalue weighted by Crippen LogP contribution is 2.44. The number of pyridine rings is 1. The summed E-state index contributed by atoms with van der Waals surface area (Å²) in [5.41, 5.74) is 0.748. The van der Waals surface area contributed by atoms with Crippen molar-refractivity contribution >= 4 is 30.0 Å². The Morgan fingerprint density at radius 3 is 2.56 bits per heavy atom. The average Bonchev–Trinajstić information content (AvgIpc) is 2.53. The Bertz CT molecular complexity index is 667. The van der Waals surface area contributed by atoms with Gasteiger partial charge < -0.3 is 9.16 Å². The first kappa shape index (κ1) is 20.3. The van der Waals surface area contributed by atoms with Crippen molar-refractivity contribution in [3.05, 3.63) is 34.5 Å². The number of carbonyl (C=O) groups is 1. The van der Waals surface area contributed by atoms with Crippen molar-refractivity contribution in [1.82, 2.24) is 4.98 Å². The molecule has 0 saturated carbocycles. The molecular formula is C19H28BrNO3Si. The summed E-state index contributed by atoms with van der Waals surface area (Å²) in [6.07, 6.45) is 4.92. The van der Waals surface area contributed by atoms with E-state index in [1.165, 1.54) is 0 Å². The zero-order valence-corrected chi connectivity index (χ0v) is 18.5. The molecule has 1 aromatic heterocycles. The molecule has 0 N–H and O–H groups in total. The molecule has 2 unspecified atom stereocenters. The number of methoxy groups -OCH3 is 1. The quantitative estimate of drug-likeness (QED) is 0.588. The molecule has 1 heterocycles. The van der Waals surface area contributed by atoms with Gasteiger partial charge in [0.2, 0.25) is 5.88 Å². The van der Waals surface area contributed by atoms with Crippen molar-refractivity contribution in [3.8, 4) is 5.88 Å². The number of halogens is 1. The van der Waals surface area contributed by atoms with E-state index in [0.29, 0.717) is 5.88 Å². The van der Waals surface area contributed by atoms with Crippen molar-refractivity contribution in [3.63, 3.8) is 0 Å². The smallest absolute Gasteiger partial charge is 0.213 e. The highest BCUT2D eigenvalue weighted by Gasteiger charge is 2.43. The topological polar surface area (TPSA) is 48.4 Å². The van der Waals surface area contributed by atoms with Crippen LogP contribution < -0.4 is 4.74 Å². The molecule has 0 fully saturated rings. The minimum absolute atomic E-state index is 0.0458. The molecule has 25 heavy (non-hydrogen) atoms. The average molecular weight is 426 g/mol. The molecule has 4 nitrogen and oxygen atoms in total. The first-order chi connectivity index (χ1) is 11.6. The van der Waals surface area contributed by atoms with Crippen LogP contribution in [0.15, 0.2) is 28.8 Å². The lowest BCUT2D eigenvalue weighted by molar-refractivity contribution is -0.122. The normalized spacial score (nSPS) is 19.8. The summed E-state index contributed by atoms with van der Waals surface area (Å²) in [4.78, 5) is 17.2. The van der Waals surface area contributed by atoms with Crippen LogP contribution >= 0.6 is 15.9 Å². The summed E-state index contributed by atoms with van der Waals surface area (Å²) < 4.78 is 12.9. The van der Waals surface area contributed by atoms with Crippen molar-refractivity contribution < 1.29 is 14.0 Å². The van der Waals surface area contributed by atoms with Crippen molar-refractivity contribution in [1.29, 1.82) is 0 Å². The van der Waals surface area contributed by atoms with Gasteiger partial charge in [-0.05, 0) is 59.0 Å². The van der Waals surface area contributed by atoms with Gasteiger partial charge in [-0.25, -0.2) is 4.98 Å². The zero-order valence-electron chi connectivity index (χ0n) is 15.9. The molecule has 0 amide bonds. The molecule has 0 bridgehead atoms. The van der Waals surface area contributed by atoms with E-state index in [1.807, 2.05) is 12.1 Å². The Morgan fingerprint density at radius 2 is 2.00 bits per heavy atom. The lowest BCUT2D eigenvalue weighted by Crippen LogP contribution is -2.44. The van der Waals surface area contributed by atoms with E-state index < -0.39 is 8.32 Å². The van der Waals surface area contributed by atoms with Crippen molar-refractivity contribution in [2.24, 2.45) is 5.92 Å². The van der Waals surface area contributed by atoms with Crippen LogP contribution in [-0.4, -0.2) is 26.2 Å². The molecule has 1 aliphatic carbocycles. The van der Waals surface area contributed by atoms with Crippen LogP contribution in [-0.2, 0) is 9.22 Å². The van der Waals surface area contributed by atoms with E-state index in [-0.39, 0.29) is 22.8 Å². The predicted octanol–water partition coefficient (Wildman–Crippen LogP) is 5.45. The standard InChI is InChI=1S/C19H28BrNO3Si/c1-19(2,3)25(5,6)24-18(13-9-7-8-10-15(13)22)17-14(20)11-12-16(21-17)23-4/h8,10-13,18H,7,9H2,1-6H3. The minimum Gasteiger partial charge on any atom is -0.481 e. The van der Waals surface area contributed by atoms with Crippen LogP contribution in [0.1, 0.15) is 45.4 Å². The van der Waals surface area contributed by atoms with E-state index in [4.69, 9.17) is 9.16 Å². The number of ketones is 1. The number of ether oxygens (including phenoxy) is 1. The largest absolute Gasteiger partial charge is 0.481 e. The Morgan fingerprint density at radius 1 is 1.32 bits per heavy atom. The highest BCUT2D eigenvalue weighted by atomic mass is 79.9. The Balaban J connectivity index is 2.49. The van der Waals surface area contributed by atoms with Crippen LogP contribution in [0, 0.1) is 5.92 Å². The molecule has 138 valence electrons. The number of rotatable bonds is 5. The van der Waals surface area contributed by atoms with Gasteiger partial charge in [-0.3, -0.25) is 4.79 Å². The molecule has 0 radical (unpaired) electrons. The zero-order chi connectivity index (χ0) is 18.8. The van der Waals surface area contributed by atoms with E-state index in [0.717, 1.165) is 23.0 Å². The van der Waals surface area contributed by atoms with E-state index in [2.05, 4.69) is 54.8 Å². The maximum Gasteiger partial charge on any atom is 0.213 e.